The van der Waals surface area contributed by atoms with Crippen LogP contribution in [0.1, 0.15) is 43.9 Å². The van der Waals surface area contributed by atoms with E-state index in [2.05, 4.69) is 23.9 Å². The Morgan fingerprint density at radius 2 is 2.12 bits per heavy atom. The number of rotatable bonds is 4. The van der Waals surface area contributed by atoms with Crippen LogP contribution < -0.4 is 5.73 Å². The molecule has 2 rings (SSSR count). The minimum absolute atomic E-state index is 0.486. The van der Waals surface area contributed by atoms with Crippen LogP contribution in [0, 0.1) is 0 Å². The van der Waals surface area contributed by atoms with E-state index in [-0.39, 0.29) is 0 Å². The van der Waals surface area contributed by atoms with E-state index in [1.54, 1.807) is 6.20 Å². The molecule has 0 amide bonds. The topological polar surface area (TPSA) is 56.2 Å². The van der Waals surface area contributed by atoms with Crippen molar-refractivity contribution in [2.45, 2.75) is 39.2 Å². The van der Waals surface area contributed by atoms with E-state index in [4.69, 9.17) is 5.73 Å². The quantitative estimate of drug-likeness (QED) is 0.855. The molecular weight excluding hydrogens is 200 g/mol. The van der Waals surface area contributed by atoms with Crippen LogP contribution in [0.2, 0.25) is 0 Å². The minimum Gasteiger partial charge on any atom is -0.326 e. The van der Waals surface area contributed by atoms with E-state index in [1.165, 1.54) is 0 Å². The average Bonchev–Trinajstić information content (AvgIpc) is 2.69. The van der Waals surface area contributed by atoms with Crippen LogP contribution >= 0.6 is 0 Å². The lowest BCUT2D eigenvalue weighted by Crippen LogP contribution is -2.04. The van der Waals surface area contributed by atoms with Crippen LogP contribution in [0.3, 0.4) is 0 Å². The molecule has 4 heteroatoms. The first-order chi connectivity index (χ1) is 7.81. The van der Waals surface area contributed by atoms with E-state index in [1.807, 2.05) is 16.8 Å². The zero-order valence-electron chi connectivity index (χ0n) is 9.85. The highest BCUT2D eigenvalue weighted by Gasteiger charge is 2.18. The van der Waals surface area contributed by atoms with Crippen LogP contribution in [-0.2, 0) is 6.54 Å². The standard InChI is InChI=1S/C12H18N4/c1-3-9(4-2)11-10(8-13)12-14-6-5-7-16(12)15-11/h5-7,9H,3-4,8,13H2,1-2H3. The van der Waals surface area contributed by atoms with Gasteiger partial charge in [0.15, 0.2) is 5.65 Å². The lowest BCUT2D eigenvalue weighted by atomic mass is 9.96. The fraction of sp³-hybridized carbons (Fsp3) is 0.500. The largest absolute Gasteiger partial charge is 0.326 e. The van der Waals surface area contributed by atoms with Gasteiger partial charge in [-0.05, 0) is 18.9 Å². The second-order valence-electron chi connectivity index (χ2n) is 3.97. The molecule has 0 saturated carbocycles. The molecule has 2 heterocycles. The first-order valence-corrected chi connectivity index (χ1v) is 5.84. The maximum Gasteiger partial charge on any atom is 0.159 e. The number of hydrogen-bond acceptors (Lipinski definition) is 3. The van der Waals surface area contributed by atoms with Crippen molar-refractivity contribution in [3.63, 3.8) is 0 Å². The summed E-state index contributed by atoms with van der Waals surface area (Å²) in [6.45, 7) is 4.88. The number of nitrogens with zero attached hydrogens (tertiary/aromatic N) is 3. The molecule has 4 nitrogen and oxygen atoms in total. The lowest BCUT2D eigenvalue weighted by Gasteiger charge is -2.10. The number of fused-ring (bicyclic) bond motifs is 1. The molecule has 0 fully saturated rings. The highest BCUT2D eigenvalue weighted by molar-refractivity contribution is 5.50. The first-order valence-electron chi connectivity index (χ1n) is 5.84. The summed E-state index contributed by atoms with van der Waals surface area (Å²) in [7, 11) is 0. The van der Waals surface area contributed by atoms with Crippen molar-refractivity contribution < 1.29 is 0 Å². The molecule has 0 aliphatic heterocycles. The van der Waals surface area contributed by atoms with Gasteiger partial charge in [0.2, 0.25) is 0 Å². The molecule has 0 radical (unpaired) electrons. The maximum atomic E-state index is 5.82. The zero-order chi connectivity index (χ0) is 11.5. The van der Waals surface area contributed by atoms with Crippen LogP contribution in [0.15, 0.2) is 18.5 Å². The maximum absolute atomic E-state index is 5.82. The molecule has 2 N–H and O–H groups in total. The fourth-order valence-electron chi connectivity index (χ4n) is 2.15. The van der Waals surface area contributed by atoms with Crippen molar-refractivity contribution in [3.05, 3.63) is 29.7 Å². The summed E-state index contributed by atoms with van der Waals surface area (Å²) < 4.78 is 1.83. The Morgan fingerprint density at radius 3 is 2.75 bits per heavy atom. The van der Waals surface area contributed by atoms with Crippen molar-refractivity contribution in [1.29, 1.82) is 0 Å². The van der Waals surface area contributed by atoms with Crippen LogP contribution in [0.4, 0.5) is 0 Å². The summed E-state index contributed by atoms with van der Waals surface area (Å²) in [6.07, 6.45) is 5.89. The average molecular weight is 218 g/mol. The van der Waals surface area contributed by atoms with E-state index < -0.39 is 0 Å². The summed E-state index contributed by atoms with van der Waals surface area (Å²) in [5.41, 5.74) is 8.92. The third kappa shape index (κ3) is 1.69. The van der Waals surface area contributed by atoms with E-state index in [0.717, 1.165) is 29.7 Å². The van der Waals surface area contributed by atoms with Gasteiger partial charge in [-0.1, -0.05) is 13.8 Å². The Kier molecular flexibility index (Phi) is 3.19. The van der Waals surface area contributed by atoms with E-state index >= 15 is 0 Å². The molecular formula is C12H18N4. The molecule has 0 saturated heterocycles. The molecule has 0 bridgehead atoms. The monoisotopic (exact) mass is 218 g/mol. The number of nitrogens with two attached hydrogens (primary N) is 1. The third-order valence-electron chi connectivity index (χ3n) is 3.10. The summed E-state index contributed by atoms with van der Waals surface area (Å²) in [4.78, 5) is 4.34. The van der Waals surface area contributed by atoms with Crippen molar-refractivity contribution >= 4 is 5.65 Å². The fourth-order valence-corrected chi connectivity index (χ4v) is 2.15. The second-order valence-corrected chi connectivity index (χ2v) is 3.97. The molecule has 0 unspecified atom stereocenters. The number of aromatic nitrogens is 3. The Balaban J connectivity index is 2.60. The molecule has 0 aliphatic rings. The first kappa shape index (κ1) is 11.1. The molecule has 0 atom stereocenters. The summed E-state index contributed by atoms with van der Waals surface area (Å²) in [5, 5.41) is 4.60. The van der Waals surface area contributed by atoms with Gasteiger partial charge in [0, 0.05) is 30.4 Å². The molecule has 0 aliphatic carbocycles. The van der Waals surface area contributed by atoms with Gasteiger partial charge < -0.3 is 5.73 Å². The van der Waals surface area contributed by atoms with Gasteiger partial charge >= 0.3 is 0 Å². The summed E-state index contributed by atoms with van der Waals surface area (Å²) >= 11 is 0. The van der Waals surface area contributed by atoms with Crippen LogP contribution in [0.25, 0.3) is 5.65 Å². The van der Waals surface area contributed by atoms with Crippen molar-refractivity contribution in [1.82, 2.24) is 14.6 Å². The van der Waals surface area contributed by atoms with Crippen LogP contribution in [-0.4, -0.2) is 14.6 Å². The normalized spacial score (nSPS) is 11.5. The van der Waals surface area contributed by atoms with E-state index in [9.17, 15) is 0 Å². The lowest BCUT2D eigenvalue weighted by molar-refractivity contribution is 0.611. The minimum atomic E-state index is 0.486. The summed E-state index contributed by atoms with van der Waals surface area (Å²) in [5.74, 6) is 0.486. The van der Waals surface area contributed by atoms with Gasteiger partial charge in [-0.2, -0.15) is 5.10 Å². The Labute approximate surface area is 95.5 Å². The van der Waals surface area contributed by atoms with Crippen molar-refractivity contribution in [2.24, 2.45) is 5.73 Å². The van der Waals surface area contributed by atoms with E-state index in [0.29, 0.717) is 12.5 Å². The molecule has 16 heavy (non-hydrogen) atoms. The predicted octanol–water partition coefficient (Wildman–Crippen LogP) is 2.09. The number of hydrogen-bond donors (Lipinski definition) is 1. The zero-order valence-corrected chi connectivity index (χ0v) is 9.85. The Morgan fingerprint density at radius 1 is 1.38 bits per heavy atom. The van der Waals surface area contributed by atoms with Crippen molar-refractivity contribution in [3.8, 4) is 0 Å². The third-order valence-corrected chi connectivity index (χ3v) is 3.10. The molecule has 0 aromatic carbocycles. The Bertz CT molecular complexity index is 471. The van der Waals surface area contributed by atoms with Crippen LogP contribution in [0.5, 0.6) is 0 Å². The molecule has 86 valence electrons. The SMILES string of the molecule is CCC(CC)c1nn2cccnc2c1CN. The van der Waals surface area contributed by atoms with Gasteiger partial charge in [0.05, 0.1) is 5.69 Å². The van der Waals surface area contributed by atoms with Gasteiger partial charge in [-0.15, -0.1) is 0 Å². The second kappa shape index (κ2) is 4.61. The van der Waals surface area contributed by atoms with Crippen molar-refractivity contribution in [2.75, 3.05) is 0 Å². The predicted molar refractivity (Wildman–Crippen MR) is 64.2 cm³/mol. The van der Waals surface area contributed by atoms with Gasteiger partial charge in [0.1, 0.15) is 0 Å². The highest BCUT2D eigenvalue weighted by atomic mass is 15.3. The van der Waals surface area contributed by atoms with Gasteiger partial charge in [0.25, 0.3) is 0 Å². The highest BCUT2D eigenvalue weighted by Crippen LogP contribution is 2.26. The smallest absolute Gasteiger partial charge is 0.159 e. The molecule has 2 aromatic heterocycles. The molecule has 2 aromatic rings. The van der Waals surface area contributed by atoms with Gasteiger partial charge in [-0.3, -0.25) is 0 Å². The summed E-state index contributed by atoms with van der Waals surface area (Å²) in [6, 6.07) is 1.89. The molecule has 0 spiro atoms. The van der Waals surface area contributed by atoms with Gasteiger partial charge in [-0.25, -0.2) is 9.50 Å². The Hall–Kier alpha value is -1.42.